The van der Waals surface area contributed by atoms with Gasteiger partial charge in [-0.05, 0) is 13.8 Å². The van der Waals surface area contributed by atoms with Crippen LogP contribution in [0.5, 0.6) is 0 Å². The maximum Gasteiger partial charge on any atom is 0.146 e. The van der Waals surface area contributed by atoms with Crippen molar-refractivity contribution in [3.63, 3.8) is 0 Å². The Balaban J connectivity index is 0. The van der Waals surface area contributed by atoms with Crippen LogP contribution in [0.3, 0.4) is 0 Å². The fourth-order valence-electron chi connectivity index (χ4n) is 0. The van der Waals surface area contributed by atoms with Crippen molar-refractivity contribution in [2.45, 2.75) is 20.0 Å². The predicted molar refractivity (Wildman–Crippen MR) is 29.8 cm³/mol. The normalized spacial score (nSPS) is 8.50. The van der Waals surface area contributed by atoms with E-state index in [9.17, 15) is 0 Å². The lowest BCUT2D eigenvalue weighted by Gasteiger charge is -1.95. The van der Waals surface area contributed by atoms with Gasteiger partial charge in [-0.3, -0.25) is 0 Å². The third-order valence-corrected chi connectivity index (χ3v) is 1.41. The summed E-state index contributed by atoms with van der Waals surface area (Å²) in [6.07, 6.45) is 0.446. The van der Waals surface area contributed by atoms with E-state index >= 15 is 0 Å². The second kappa shape index (κ2) is 5.14. The summed E-state index contributed by atoms with van der Waals surface area (Å²) in [5.41, 5.74) is 0. The van der Waals surface area contributed by atoms with Gasteiger partial charge in [-0.1, -0.05) is 0 Å². The van der Waals surface area contributed by atoms with E-state index in [1.54, 1.807) is 0 Å². The van der Waals surface area contributed by atoms with Crippen LogP contribution in [0.15, 0.2) is 0 Å². The molecule has 0 spiro atoms. The van der Waals surface area contributed by atoms with Gasteiger partial charge >= 0.3 is 0 Å². The highest BCUT2D eigenvalue weighted by atomic mass is 28.2. The Kier molecular flexibility index (Phi) is 8.10. The van der Waals surface area contributed by atoms with Crippen LogP contribution in [0.4, 0.5) is 0 Å². The maximum atomic E-state index is 4.89. The molecule has 0 aliphatic rings. The molecule has 0 saturated heterocycles. The molecular weight excluding hydrogens is 96.1 g/mol. The summed E-state index contributed by atoms with van der Waals surface area (Å²) in [5, 5.41) is 0. The SMILES string of the molecule is CC(C)O[SiH3].O. The summed E-state index contributed by atoms with van der Waals surface area (Å²) in [6.45, 7) is 4.07. The largest absolute Gasteiger partial charge is 0.426 e. The maximum absolute atomic E-state index is 4.89. The van der Waals surface area contributed by atoms with Crippen LogP contribution in [-0.4, -0.2) is 22.1 Å². The summed E-state index contributed by atoms with van der Waals surface area (Å²) in [5.74, 6) is 0. The molecule has 0 aliphatic heterocycles. The zero-order valence-corrected chi connectivity index (χ0v) is 6.49. The summed E-state index contributed by atoms with van der Waals surface area (Å²) < 4.78 is 4.89. The quantitative estimate of drug-likeness (QED) is 0.392. The van der Waals surface area contributed by atoms with Crippen molar-refractivity contribution in [3.05, 3.63) is 0 Å². The Morgan fingerprint density at radius 2 is 1.67 bits per heavy atom. The van der Waals surface area contributed by atoms with Gasteiger partial charge in [0.25, 0.3) is 0 Å². The molecule has 0 aromatic rings. The van der Waals surface area contributed by atoms with E-state index in [-0.39, 0.29) is 5.48 Å². The summed E-state index contributed by atoms with van der Waals surface area (Å²) >= 11 is 0. The molecule has 6 heavy (non-hydrogen) atoms. The molecule has 40 valence electrons. The van der Waals surface area contributed by atoms with Crippen molar-refractivity contribution < 1.29 is 9.90 Å². The summed E-state index contributed by atoms with van der Waals surface area (Å²) in [4.78, 5) is 0. The van der Waals surface area contributed by atoms with Crippen LogP contribution in [0, 0.1) is 0 Å². The zero-order valence-electron chi connectivity index (χ0n) is 4.49. The molecule has 0 amide bonds. The first kappa shape index (κ1) is 9.46. The first-order valence-corrected chi connectivity index (χ1v) is 2.62. The van der Waals surface area contributed by atoms with E-state index in [0.717, 1.165) is 10.5 Å². The lowest BCUT2D eigenvalue weighted by molar-refractivity contribution is 0.267. The number of rotatable bonds is 1. The van der Waals surface area contributed by atoms with Gasteiger partial charge in [-0.2, -0.15) is 0 Å². The minimum atomic E-state index is 0. The van der Waals surface area contributed by atoms with Crippen LogP contribution >= 0.6 is 0 Å². The second-order valence-corrected chi connectivity index (χ2v) is 1.76. The Morgan fingerprint density at radius 3 is 1.67 bits per heavy atom. The van der Waals surface area contributed by atoms with E-state index in [4.69, 9.17) is 4.43 Å². The average molecular weight is 108 g/mol. The molecule has 0 radical (unpaired) electrons. The Morgan fingerprint density at radius 1 is 1.50 bits per heavy atom. The summed E-state index contributed by atoms with van der Waals surface area (Å²) in [6, 6.07) is 0. The molecule has 2 N–H and O–H groups in total. The molecule has 0 rings (SSSR count). The van der Waals surface area contributed by atoms with Crippen molar-refractivity contribution >= 4 is 10.5 Å². The molecular formula is C3H12O2Si. The molecule has 2 nitrogen and oxygen atoms in total. The van der Waals surface area contributed by atoms with Gasteiger partial charge < -0.3 is 9.90 Å². The molecule has 0 aromatic heterocycles. The third kappa shape index (κ3) is 8.91. The Hall–Kier alpha value is 0.137. The van der Waals surface area contributed by atoms with Crippen molar-refractivity contribution in [3.8, 4) is 0 Å². The standard InChI is InChI=1S/C3H10OSi.H2O/c1-3(2)4-5;/h3H,1-2,5H3;1H2. The van der Waals surface area contributed by atoms with E-state index < -0.39 is 0 Å². The van der Waals surface area contributed by atoms with E-state index in [1.807, 2.05) is 13.8 Å². The highest BCUT2D eigenvalue weighted by Gasteiger charge is 1.77. The lowest BCUT2D eigenvalue weighted by Crippen LogP contribution is -1.95. The fraction of sp³-hybridized carbons (Fsp3) is 1.00. The molecule has 0 aromatic carbocycles. The minimum absolute atomic E-state index is 0. The van der Waals surface area contributed by atoms with Gasteiger partial charge in [0.2, 0.25) is 0 Å². The number of hydrogen-bond donors (Lipinski definition) is 0. The van der Waals surface area contributed by atoms with Crippen LogP contribution in [0.1, 0.15) is 13.8 Å². The van der Waals surface area contributed by atoms with E-state index in [1.165, 1.54) is 0 Å². The molecule has 0 unspecified atom stereocenters. The average Bonchev–Trinajstić information content (AvgIpc) is 1.38. The van der Waals surface area contributed by atoms with Gasteiger partial charge in [-0.25, -0.2) is 0 Å². The molecule has 0 aliphatic carbocycles. The van der Waals surface area contributed by atoms with Crippen molar-refractivity contribution in [2.24, 2.45) is 0 Å². The van der Waals surface area contributed by atoms with Gasteiger partial charge in [-0.15, -0.1) is 0 Å². The van der Waals surface area contributed by atoms with Crippen LogP contribution in [0.25, 0.3) is 0 Å². The molecule has 0 bridgehead atoms. The highest BCUT2D eigenvalue weighted by molar-refractivity contribution is 5.98. The monoisotopic (exact) mass is 108 g/mol. The fourth-order valence-corrected chi connectivity index (χ4v) is 0. The van der Waals surface area contributed by atoms with E-state index in [2.05, 4.69) is 0 Å². The molecule has 0 heterocycles. The van der Waals surface area contributed by atoms with Crippen molar-refractivity contribution in [1.82, 2.24) is 0 Å². The first-order chi connectivity index (χ1) is 2.27. The van der Waals surface area contributed by atoms with Crippen molar-refractivity contribution in [1.29, 1.82) is 0 Å². The first-order valence-electron chi connectivity index (χ1n) is 1.80. The number of hydrogen-bond acceptors (Lipinski definition) is 1. The smallest absolute Gasteiger partial charge is 0.146 e. The van der Waals surface area contributed by atoms with Crippen molar-refractivity contribution in [2.75, 3.05) is 0 Å². The van der Waals surface area contributed by atoms with Gasteiger partial charge in [0.05, 0.1) is 0 Å². The van der Waals surface area contributed by atoms with Gasteiger partial charge in [0.1, 0.15) is 10.5 Å². The van der Waals surface area contributed by atoms with Crippen LogP contribution in [0.2, 0.25) is 0 Å². The predicted octanol–water partition coefficient (Wildman–Crippen LogP) is -1.13. The Labute approximate surface area is 41.4 Å². The molecule has 0 atom stereocenters. The van der Waals surface area contributed by atoms with Crippen LogP contribution in [-0.2, 0) is 4.43 Å². The highest BCUT2D eigenvalue weighted by Crippen LogP contribution is 1.76. The second-order valence-electron chi connectivity index (χ2n) is 1.28. The molecule has 0 fully saturated rings. The summed E-state index contributed by atoms with van der Waals surface area (Å²) in [7, 11) is 0.873. The molecule has 3 heteroatoms. The van der Waals surface area contributed by atoms with Crippen LogP contribution < -0.4 is 0 Å². The zero-order chi connectivity index (χ0) is 4.28. The minimum Gasteiger partial charge on any atom is -0.426 e. The molecule has 0 saturated carbocycles. The Bertz CT molecular complexity index is 22.8. The lowest BCUT2D eigenvalue weighted by atomic mass is 10.5. The topological polar surface area (TPSA) is 40.7 Å². The van der Waals surface area contributed by atoms with Gasteiger partial charge in [0, 0.05) is 6.10 Å². The van der Waals surface area contributed by atoms with E-state index in [0.29, 0.717) is 6.10 Å². The van der Waals surface area contributed by atoms with Gasteiger partial charge in [0.15, 0.2) is 0 Å². The third-order valence-electron chi connectivity index (χ3n) is 0.471.